The van der Waals surface area contributed by atoms with Crippen molar-refractivity contribution >= 4 is 29.1 Å². The molecule has 0 radical (unpaired) electrons. The molecule has 1 saturated carbocycles. The van der Waals surface area contributed by atoms with Crippen molar-refractivity contribution in [1.82, 2.24) is 9.88 Å². The molecular formula is C20H22ClN3O2. The van der Waals surface area contributed by atoms with Gasteiger partial charge in [0.1, 0.15) is 5.41 Å². The molecule has 0 aliphatic heterocycles. The average molecular weight is 372 g/mol. The highest BCUT2D eigenvalue weighted by atomic mass is 35.5. The van der Waals surface area contributed by atoms with Gasteiger partial charge in [-0.05, 0) is 61.6 Å². The number of carbonyl (C=O) groups excluding carboxylic acids is 2. The first-order chi connectivity index (χ1) is 12.4. The van der Waals surface area contributed by atoms with E-state index in [4.69, 9.17) is 11.6 Å². The monoisotopic (exact) mass is 371 g/mol. The van der Waals surface area contributed by atoms with E-state index in [1.807, 2.05) is 25.1 Å². The van der Waals surface area contributed by atoms with Crippen molar-refractivity contribution in [3.63, 3.8) is 0 Å². The van der Waals surface area contributed by atoms with E-state index in [1.165, 1.54) is 0 Å². The van der Waals surface area contributed by atoms with Crippen molar-refractivity contribution in [3.8, 4) is 0 Å². The van der Waals surface area contributed by atoms with E-state index >= 15 is 0 Å². The fourth-order valence-electron chi connectivity index (χ4n) is 2.90. The van der Waals surface area contributed by atoms with Crippen LogP contribution in [0.1, 0.15) is 24.0 Å². The summed E-state index contributed by atoms with van der Waals surface area (Å²) >= 11 is 6.11. The van der Waals surface area contributed by atoms with E-state index < -0.39 is 5.41 Å². The second kappa shape index (κ2) is 7.46. The maximum Gasteiger partial charge on any atom is 0.240 e. The summed E-state index contributed by atoms with van der Waals surface area (Å²) in [5, 5.41) is 3.43. The van der Waals surface area contributed by atoms with Gasteiger partial charge in [-0.1, -0.05) is 17.7 Å². The molecule has 1 aliphatic rings. The van der Waals surface area contributed by atoms with E-state index in [-0.39, 0.29) is 11.8 Å². The summed E-state index contributed by atoms with van der Waals surface area (Å²) < 4.78 is 0. The van der Waals surface area contributed by atoms with Gasteiger partial charge in [-0.2, -0.15) is 0 Å². The quantitative estimate of drug-likeness (QED) is 0.791. The molecular weight excluding hydrogens is 350 g/mol. The van der Waals surface area contributed by atoms with Crippen LogP contribution in [0.25, 0.3) is 0 Å². The van der Waals surface area contributed by atoms with E-state index in [9.17, 15) is 9.59 Å². The Kier molecular flexibility index (Phi) is 5.28. The molecule has 0 saturated heterocycles. The number of rotatable bonds is 6. The number of halogens is 1. The maximum absolute atomic E-state index is 12.8. The molecule has 0 spiro atoms. The van der Waals surface area contributed by atoms with Crippen LogP contribution in [-0.4, -0.2) is 35.3 Å². The smallest absolute Gasteiger partial charge is 0.240 e. The van der Waals surface area contributed by atoms with Gasteiger partial charge in [0.25, 0.3) is 0 Å². The molecule has 0 unspecified atom stereocenters. The molecule has 5 nitrogen and oxygen atoms in total. The molecule has 3 rings (SSSR count). The lowest BCUT2D eigenvalue weighted by atomic mass is 10.0. The van der Waals surface area contributed by atoms with Gasteiger partial charge in [0, 0.05) is 36.7 Å². The Bertz CT molecular complexity index is 819. The SMILES string of the molecule is Cc1ccc(NC(=O)C2(C(=O)N(C)CCc3ccncc3)CC2)cc1Cl. The summed E-state index contributed by atoms with van der Waals surface area (Å²) in [5.41, 5.74) is 1.73. The number of aromatic nitrogens is 1. The Morgan fingerprint density at radius 1 is 1.23 bits per heavy atom. The van der Waals surface area contributed by atoms with Crippen LogP contribution in [0.15, 0.2) is 42.7 Å². The van der Waals surface area contributed by atoms with Crippen molar-refractivity contribution in [1.29, 1.82) is 0 Å². The van der Waals surface area contributed by atoms with E-state index in [0.29, 0.717) is 30.1 Å². The van der Waals surface area contributed by atoms with Crippen LogP contribution in [-0.2, 0) is 16.0 Å². The van der Waals surface area contributed by atoms with Crippen molar-refractivity contribution in [3.05, 3.63) is 58.9 Å². The highest BCUT2D eigenvalue weighted by Gasteiger charge is 2.57. The molecule has 1 aliphatic carbocycles. The first-order valence-electron chi connectivity index (χ1n) is 8.64. The van der Waals surface area contributed by atoms with Gasteiger partial charge in [0.05, 0.1) is 0 Å². The Labute approximate surface area is 158 Å². The fraction of sp³-hybridized carbons (Fsp3) is 0.350. The number of aryl methyl sites for hydroxylation is 1. The van der Waals surface area contributed by atoms with Crippen molar-refractivity contribution in [2.75, 3.05) is 18.9 Å². The number of amides is 2. The standard InChI is InChI=1S/C20H22ClN3O2/c1-14-3-4-16(13-17(14)21)23-18(25)20(8-9-20)19(26)24(2)12-7-15-5-10-22-11-6-15/h3-6,10-11,13H,7-9,12H2,1-2H3,(H,23,25). The molecule has 1 N–H and O–H groups in total. The number of hydrogen-bond acceptors (Lipinski definition) is 3. The molecule has 1 fully saturated rings. The van der Waals surface area contributed by atoms with Gasteiger partial charge in [-0.15, -0.1) is 0 Å². The maximum atomic E-state index is 12.8. The van der Waals surface area contributed by atoms with E-state index in [0.717, 1.165) is 17.5 Å². The van der Waals surface area contributed by atoms with Crippen LogP contribution in [0.2, 0.25) is 5.02 Å². The molecule has 6 heteroatoms. The number of nitrogens with one attached hydrogen (secondary N) is 1. The number of nitrogens with zero attached hydrogens (tertiary/aromatic N) is 2. The highest BCUT2D eigenvalue weighted by Crippen LogP contribution is 2.48. The first-order valence-corrected chi connectivity index (χ1v) is 9.02. The van der Waals surface area contributed by atoms with Gasteiger partial charge in [-0.3, -0.25) is 14.6 Å². The zero-order chi connectivity index (χ0) is 18.7. The lowest BCUT2D eigenvalue weighted by Crippen LogP contribution is -2.41. The fourth-order valence-corrected chi connectivity index (χ4v) is 3.08. The minimum Gasteiger partial charge on any atom is -0.344 e. The lowest BCUT2D eigenvalue weighted by Gasteiger charge is -2.23. The van der Waals surface area contributed by atoms with Gasteiger partial charge in [-0.25, -0.2) is 0 Å². The van der Waals surface area contributed by atoms with Gasteiger partial charge in [0.2, 0.25) is 11.8 Å². The number of anilines is 1. The third-order valence-corrected chi connectivity index (χ3v) is 5.26. The Morgan fingerprint density at radius 2 is 1.92 bits per heavy atom. The molecule has 2 aromatic rings. The number of pyridine rings is 1. The zero-order valence-corrected chi connectivity index (χ0v) is 15.7. The molecule has 136 valence electrons. The van der Waals surface area contributed by atoms with Crippen LogP contribution >= 0.6 is 11.6 Å². The Balaban J connectivity index is 1.62. The average Bonchev–Trinajstić information content (AvgIpc) is 3.45. The van der Waals surface area contributed by atoms with Crippen LogP contribution in [0.5, 0.6) is 0 Å². The summed E-state index contributed by atoms with van der Waals surface area (Å²) in [4.78, 5) is 31.2. The first kappa shape index (κ1) is 18.4. The topological polar surface area (TPSA) is 62.3 Å². The van der Waals surface area contributed by atoms with E-state index in [2.05, 4.69) is 10.3 Å². The Hall–Kier alpha value is -2.40. The Morgan fingerprint density at radius 3 is 2.54 bits per heavy atom. The van der Waals surface area contributed by atoms with Crippen LogP contribution in [0.3, 0.4) is 0 Å². The number of likely N-dealkylation sites (N-methyl/N-ethyl adjacent to an activating group) is 1. The van der Waals surface area contributed by atoms with Crippen LogP contribution < -0.4 is 5.32 Å². The van der Waals surface area contributed by atoms with Crippen LogP contribution in [0.4, 0.5) is 5.69 Å². The second-order valence-electron chi connectivity index (χ2n) is 6.83. The normalized spacial score (nSPS) is 14.6. The van der Waals surface area contributed by atoms with Crippen molar-refractivity contribution < 1.29 is 9.59 Å². The summed E-state index contributed by atoms with van der Waals surface area (Å²) in [5.74, 6) is -0.375. The summed E-state index contributed by atoms with van der Waals surface area (Å²) in [7, 11) is 1.75. The van der Waals surface area contributed by atoms with Crippen molar-refractivity contribution in [2.24, 2.45) is 5.41 Å². The molecule has 1 aromatic heterocycles. The lowest BCUT2D eigenvalue weighted by molar-refractivity contribution is -0.141. The number of carbonyl (C=O) groups is 2. The number of benzene rings is 1. The molecule has 2 amide bonds. The second-order valence-corrected chi connectivity index (χ2v) is 7.24. The summed E-state index contributed by atoms with van der Waals surface area (Å²) in [6.07, 6.45) is 5.36. The van der Waals surface area contributed by atoms with Gasteiger partial charge < -0.3 is 10.2 Å². The zero-order valence-electron chi connectivity index (χ0n) is 15.0. The largest absolute Gasteiger partial charge is 0.344 e. The molecule has 1 aromatic carbocycles. The molecule has 0 atom stereocenters. The van der Waals surface area contributed by atoms with E-state index in [1.54, 1.807) is 36.5 Å². The predicted octanol–water partition coefficient (Wildman–Crippen LogP) is 3.46. The molecule has 1 heterocycles. The summed E-state index contributed by atoms with van der Waals surface area (Å²) in [6, 6.07) is 9.22. The van der Waals surface area contributed by atoms with Gasteiger partial charge >= 0.3 is 0 Å². The summed E-state index contributed by atoms with van der Waals surface area (Å²) in [6.45, 7) is 2.46. The number of hydrogen-bond donors (Lipinski definition) is 1. The van der Waals surface area contributed by atoms with Gasteiger partial charge in [0.15, 0.2) is 0 Å². The minimum absolute atomic E-state index is 0.123. The third-order valence-electron chi connectivity index (χ3n) is 4.86. The van der Waals surface area contributed by atoms with Crippen molar-refractivity contribution in [2.45, 2.75) is 26.2 Å². The third kappa shape index (κ3) is 3.88. The predicted molar refractivity (Wildman–Crippen MR) is 102 cm³/mol. The molecule has 0 bridgehead atoms. The minimum atomic E-state index is -0.940. The van der Waals surface area contributed by atoms with Crippen LogP contribution in [0, 0.1) is 12.3 Å². The highest BCUT2D eigenvalue weighted by molar-refractivity contribution is 6.31. The molecule has 26 heavy (non-hydrogen) atoms.